The number of hydrogen-bond acceptors (Lipinski definition) is 3. The Morgan fingerprint density at radius 1 is 1.44 bits per heavy atom. The zero-order valence-electron chi connectivity index (χ0n) is 10.7. The highest BCUT2D eigenvalue weighted by Crippen LogP contribution is 2.08. The number of nitrogens with two attached hydrogens (primary N) is 1. The van der Waals surface area contributed by atoms with E-state index >= 15 is 0 Å². The Balaban J connectivity index is 4.34. The number of carbonyl (C=O) groups is 1. The van der Waals surface area contributed by atoms with E-state index in [1.54, 1.807) is 4.90 Å². The van der Waals surface area contributed by atoms with Gasteiger partial charge in [-0.05, 0) is 34.6 Å². The van der Waals surface area contributed by atoms with Gasteiger partial charge >= 0.3 is 0 Å². The van der Waals surface area contributed by atoms with E-state index in [2.05, 4.69) is 0 Å². The first-order valence-electron chi connectivity index (χ1n) is 5.35. The maximum atomic E-state index is 11.9. The van der Waals surface area contributed by atoms with Crippen LogP contribution in [0.2, 0.25) is 0 Å². The summed E-state index contributed by atoms with van der Waals surface area (Å²) in [5.74, 6) is -0.0854. The maximum Gasteiger partial charge on any atom is 0.249 e. The van der Waals surface area contributed by atoms with Crippen LogP contribution in [0.25, 0.3) is 0 Å². The van der Waals surface area contributed by atoms with Crippen molar-refractivity contribution in [1.29, 1.82) is 0 Å². The van der Waals surface area contributed by atoms with Gasteiger partial charge in [0.15, 0.2) is 0 Å². The molecule has 5 heteroatoms. The molecule has 0 aliphatic carbocycles. The van der Waals surface area contributed by atoms with Crippen molar-refractivity contribution in [2.75, 3.05) is 13.2 Å². The van der Waals surface area contributed by atoms with E-state index in [4.69, 9.17) is 22.7 Å². The minimum Gasteiger partial charge on any atom is -0.392 e. The summed E-state index contributed by atoms with van der Waals surface area (Å²) in [4.78, 5) is 13.8. The van der Waals surface area contributed by atoms with Gasteiger partial charge in [-0.1, -0.05) is 12.2 Å². The fourth-order valence-electron chi connectivity index (χ4n) is 1.09. The molecule has 0 atom stereocenters. The largest absolute Gasteiger partial charge is 0.392 e. The number of nitrogens with zero attached hydrogens (tertiary/aromatic N) is 1. The third kappa shape index (κ3) is 6.74. The summed E-state index contributed by atoms with van der Waals surface area (Å²) in [5.41, 5.74) is 5.13. The highest BCUT2D eigenvalue weighted by molar-refractivity contribution is 7.80. The predicted molar refractivity (Wildman–Crippen MR) is 69.3 cm³/mol. The van der Waals surface area contributed by atoms with Crippen LogP contribution in [-0.2, 0) is 9.53 Å². The first-order chi connectivity index (χ1) is 7.13. The summed E-state index contributed by atoms with van der Waals surface area (Å²) in [6, 6.07) is 0.0672. The number of carbonyl (C=O) groups excluding carboxylic acids is 1. The van der Waals surface area contributed by atoms with Crippen LogP contribution in [-0.4, -0.2) is 40.6 Å². The predicted octanol–water partition coefficient (Wildman–Crippen LogP) is 1.32. The van der Waals surface area contributed by atoms with E-state index in [0.29, 0.717) is 11.5 Å². The van der Waals surface area contributed by atoms with Gasteiger partial charge in [-0.3, -0.25) is 4.79 Å². The molecule has 0 aromatic carbocycles. The number of rotatable bonds is 5. The van der Waals surface area contributed by atoms with E-state index in [-0.39, 0.29) is 24.2 Å². The molecular weight excluding hydrogens is 224 g/mol. The molecule has 0 heterocycles. The Morgan fingerprint density at radius 2 is 1.94 bits per heavy atom. The van der Waals surface area contributed by atoms with Crippen LogP contribution >= 0.6 is 12.2 Å². The lowest BCUT2D eigenvalue weighted by molar-refractivity contribution is -0.141. The van der Waals surface area contributed by atoms with Gasteiger partial charge in [0.2, 0.25) is 5.91 Å². The number of ether oxygens (including phenoxy) is 1. The Morgan fingerprint density at radius 3 is 2.25 bits per heavy atom. The van der Waals surface area contributed by atoms with Crippen LogP contribution in [0.1, 0.15) is 34.6 Å². The third-order valence-corrected chi connectivity index (χ3v) is 2.03. The van der Waals surface area contributed by atoms with Gasteiger partial charge in [0.25, 0.3) is 0 Å². The molecule has 0 rings (SSSR count). The van der Waals surface area contributed by atoms with Crippen molar-refractivity contribution < 1.29 is 9.53 Å². The fraction of sp³-hybridized carbons (Fsp3) is 0.818. The average molecular weight is 246 g/mol. The lowest BCUT2D eigenvalue weighted by Crippen LogP contribution is -2.44. The summed E-state index contributed by atoms with van der Waals surface area (Å²) in [5, 5.41) is 0. The second kappa shape index (κ2) is 6.15. The smallest absolute Gasteiger partial charge is 0.249 e. The maximum absolute atomic E-state index is 11.9. The van der Waals surface area contributed by atoms with Crippen LogP contribution in [0.5, 0.6) is 0 Å². The quantitative estimate of drug-likeness (QED) is 0.743. The van der Waals surface area contributed by atoms with Gasteiger partial charge < -0.3 is 15.4 Å². The molecule has 0 fully saturated rings. The van der Waals surface area contributed by atoms with E-state index in [9.17, 15) is 4.79 Å². The highest BCUT2D eigenvalue weighted by Gasteiger charge is 2.20. The van der Waals surface area contributed by atoms with E-state index in [0.717, 1.165) is 0 Å². The van der Waals surface area contributed by atoms with Gasteiger partial charge in [-0.2, -0.15) is 0 Å². The Kier molecular flexibility index (Phi) is 5.89. The van der Waals surface area contributed by atoms with Crippen molar-refractivity contribution in [3.8, 4) is 0 Å². The van der Waals surface area contributed by atoms with Crippen LogP contribution in [0.4, 0.5) is 0 Å². The van der Waals surface area contributed by atoms with Crippen molar-refractivity contribution in [1.82, 2.24) is 4.90 Å². The lowest BCUT2D eigenvalue weighted by Gasteiger charge is -2.28. The Labute approximate surface area is 103 Å². The molecule has 0 aliphatic heterocycles. The average Bonchev–Trinajstić information content (AvgIpc) is 2.08. The zero-order valence-corrected chi connectivity index (χ0v) is 11.6. The van der Waals surface area contributed by atoms with Crippen LogP contribution in [0.3, 0.4) is 0 Å². The van der Waals surface area contributed by atoms with Gasteiger partial charge in [0.05, 0.1) is 17.1 Å². The molecule has 94 valence electrons. The van der Waals surface area contributed by atoms with Crippen molar-refractivity contribution in [3.05, 3.63) is 0 Å². The normalized spacial score (nSPS) is 11.6. The lowest BCUT2D eigenvalue weighted by atomic mass is 10.2. The molecule has 0 saturated carbocycles. The molecule has 0 aromatic heterocycles. The van der Waals surface area contributed by atoms with Gasteiger partial charge in [0, 0.05) is 6.04 Å². The zero-order chi connectivity index (χ0) is 12.9. The highest BCUT2D eigenvalue weighted by atomic mass is 32.1. The summed E-state index contributed by atoms with van der Waals surface area (Å²) in [6.45, 7) is 9.94. The second-order valence-electron chi connectivity index (χ2n) is 4.98. The third-order valence-electron chi connectivity index (χ3n) is 1.90. The molecule has 0 radical (unpaired) electrons. The molecule has 0 spiro atoms. The second-order valence-corrected chi connectivity index (χ2v) is 5.51. The Hall–Kier alpha value is -0.680. The minimum absolute atomic E-state index is 0.0598. The molecule has 0 saturated heterocycles. The molecule has 16 heavy (non-hydrogen) atoms. The SMILES string of the molecule is CC(C)N(CC(N)=S)C(=O)COC(C)(C)C. The van der Waals surface area contributed by atoms with Gasteiger partial charge in [-0.15, -0.1) is 0 Å². The van der Waals surface area contributed by atoms with Crippen molar-refractivity contribution >= 4 is 23.1 Å². The minimum atomic E-state index is -0.318. The molecule has 0 unspecified atom stereocenters. The standard InChI is InChI=1S/C11H22N2O2S/c1-8(2)13(6-9(12)16)10(14)7-15-11(3,4)5/h8H,6-7H2,1-5H3,(H2,12,16). The number of amides is 1. The van der Waals surface area contributed by atoms with Crippen LogP contribution in [0, 0.1) is 0 Å². The Bertz CT molecular complexity index is 259. The van der Waals surface area contributed by atoms with Crippen LogP contribution in [0.15, 0.2) is 0 Å². The first-order valence-corrected chi connectivity index (χ1v) is 5.76. The monoisotopic (exact) mass is 246 g/mol. The fourth-order valence-corrected chi connectivity index (χ4v) is 1.23. The summed E-state index contributed by atoms with van der Waals surface area (Å²) in [6.07, 6.45) is 0. The number of hydrogen-bond donors (Lipinski definition) is 1. The van der Waals surface area contributed by atoms with Crippen molar-refractivity contribution in [2.24, 2.45) is 5.73 Å². The number of thiocarbonyl (C=S) groups is 1. The molecule has 0 bridgehead atoms. The van der Waals surface area contributed by atoms with Crippen molar-refractivity contribution in [2.45, 2.75) is 46.3 Å². The first kappa shape index (κ1) is 15.3. The van der Waals surface area contributed by atoms with Crippen molar-refractivity contribution in [3.63, 3.8) is 0 Å². The summed E-state index contributed by atoms with van der Waals surface area (Å²) >= 11 is 4.81. The van der Waals surface area contributed by atoms with Crippen LogP contribution < -0.4 is 5.73 Å². The summed E-state index contributed by atoms with van der Waals surface area (Å²) < 4.78 is 5.43. The van der Waals surface area contributed by atoms with E-state index in [1.165, 1.54) is 0 Å². The molecule has 4 nitrogen and oxygen atoms in total. The molecule has 0 aromatic rings. The van der Waals surface area contributed by atoms with E-state index in [1.807, 2.05) is 34.6 Å². The molecular formula is C11H22N2O2S. The summed E-state index contributed by atoms with van der Waals surface area (Å²) in [7, 11) is 0. The topological polar surface area (TPSA) is 55.6 Å². The van der Waals surface area contributed by atoms with Gasteiger partial charge in [-0.25, -0.2) is 0 Å². The van der Waals surface area contributed by atoms with Gasteiger partial charge in [0.1, 0.15) is 6.61 Å². The van der Waals surface area contributed by atoms with E-state index < -0.39 is 0 Å². The molecule has 2 N–H and O–H groups in total. The molecule has 1 amide bonds. The molecule has 0 aliphatic rings.